The van der Waals surface area contributed by atoms with Crippen LogP contribution in [0.2, 0.25) is 0 Å². The Bertz CT molecular complexity index is 263. The Morgan fingerprint density at radius 2 is 2.46 bits per heavy atom. The highest BCUT2D eigenvalue weighted by Gasteiger charge is 2.20. The number of aromatic nitrogens is 2. The number of nitrogens with one attached hydrogen (secondary N) is 1. The van der Waals surface area contributed by atoms with E-state index in [4.69, 9.17) is 0 Å². The Labute approximate surface area is 79.2 Å². The monoisotopic (exact) mass is 179 g/mol. The third-order valence-electron chi connectivity index (χ3n) is 2.58. The predicted octanol–water partition coefficient (Wildman–Crippen LogP) is 1.40. The first-order valence-electron chi connectivity index (χ1n) is 5.10. The van der Waals surface area contributed by atoms with E-state index in [1.165, 1.54) is 25.1 Å². The molecule has 0 saturated heterocycles. The second kappa shape index (κ2) is 3.92. The van der Waals surface area contributed by atoms with Gasteiger partial charge in [-0.25, -0.2) is 4.98 Å². The van der Waals surface area contributed by atoms with Crippen LogP contribution in [0.1, 0.15) is 25.5 Å². The minimum atomic E-state index is 0.956. The molecule has 1 aliphatic rings. The number of hydrogen-bond acceptors (Lipinski definition) is 2. The van der Waals surface area contributed by atoms with Crippen molar-refractivity contribution in [2.45, 2.75) is 32.9 Å². The van der Waals surface area contributed by atoms with E-state index in [0.717, 1.165) is 19.0 Å². The van der Waals surface area contributed by atoms with Crippen LogP contribution in [0.4, 0.5) is 0 Å². The van der Waals surface area contributed by atoms with Crippen LogP contribution in [0.15, 0.2) is 12.5 Å². The largest absolute Gasteiger partial charge is 0.334 e. The van der Waals surface area contributed by atoms with E-state index in [0.29, 0.717) is 0 Å². The number of hydrogen-bond donors (Lipinski definition) is 1. The summed E-state index contributed by atoms with van der Waals surface area (Å²) in [5, 5.41) is 3.46. The Hall–Kier alpha value is -0.830. The molecular weight excluding hydrogens is 162 g/mol. The summed E-state index contributed by atoms with van der Waals surface area (Å²) in [6, 6.07) is 0. The average Bonchev–Trinajstić information content (AvgIpc) is 2.84. The summed E-state index contributed by atoms with van der Waals surface area (Å²) in [6.45, 7) is 5.30. The van der Waals surface area contributed by atoms with Crippen molar-refractivity contribution in [1.29, 1.82) is 0 Å². The Morgan fingerprint density at radius 3 is 3.15 bits per heavy atom. The molecule has 1 aromatic heterocycles. The first kappa shape index (κ1) is 8.75. The van der Waals surface area contributed by atoms with Gasteiger partial charge >= 0.3 is 0 Å². The van der Waals surface area contributed by atoms with E-state index in [-0.39, 0.29) is 0 Å². The number of aryl methyl sites for hydroxylation is 1. The molecule has 13 heavy (non-hydrogen) atoms. The van der Waals surface area contributed by atoms with Gasteiger partial charge < -0.3 is 9.88 Å². The summed E-state index contributed by atoms with van der Waals surface area (Å²) in [7, 11) is 0. The van der Waals surface area contributed by atoms with E-state index >= 15 is 0 Å². The van der Waals surface area contributed by atoms with Gasteiger partial charge in [-0.3, -0.25) is 0 Å². The maximum absolute atomic E-state index is 4.13. The Balaban J connectivity index is 1.78. The van der Waals surface area contributed by atoms with Gasteiger partial charge in [-0.1, -0.05) is 0 Å². The lowest BCUT2D eigenvalue weighted by molar-refractivity contribution is 0.601. The number of rotatable bonds is 5. The van der Waals surface area contributed by atoms with E-state index in [9.17, 15) is 0 Å². The van der Waals surface area contributed by atoms with Crippen molar-refractivity contribution in [3.05, 3.63) is 18.2 Å². The van der Waals surface area contributed by atoms with Gasteiger partial charge in [-0.05, 0) is 32.2 Å². The molecule has 0 bridgehead atoms. The third-order valence-corrected chi connectivity index (χ3v) is 2.58. The zero-order valence-electron chi connectivity index (χ0n) is 8.16. The van der Waals surface area contributed by atoms with Crippen LogP contribution in [-0.2, 0) is 13.1 Å². The molecule has 0 unspecified atom stereocenters. The molecule has 0 spiro atoms. The van der Waals surface area contributed by atoms with Crippen LogP contribution < -0.4 is 5.32 Å². The van der Waals surface area contributed by atoms with Gasteiger partial charge in [-0.15, -0.1) is 0 Å². The summed E-state index contributed by atoms with van der Waals surface area (Å²) in [6.07, 6.45) is 6.68. The predicted molar refractivity (Wildman–Crippen MR) is 52.3 cm³/mol. The first-order valence-corrected chi connectivity index (χ1v) is 5.10. The first-order chi connectivity index (χ1) is 6.40. The van der Waals surface area contributed by atoms with Crippen LogP contribution in [0.3, 0.4) is 0 Å². The molecule has 0 radical (unpaired) electrons. The normalized spacial score (nSPS) is 16.4. The van der Waals surface area contributed by atoms with Crippen LogP contribution >= 0.6 is 0 Å². The van der Waals surface area contributed by atoms with Crippen molar-refractivity contribution in [1.82, 2.24) is 14.9 Å². The van der Waals surface area contributed by atoms with Crippen molar-refractivity contribution in [3.8, 4) is 0 Å². The molecule has 1 aliphatic carbocycles. The van der Waals surface area contributed by atoms with Gasteiger partial charge in [0.15, 0.2) is 0 Å². The maximum atomic E-state index is 4.13. The fraction of sp³-hybridized carbons (Fsp3) is 0.700. The van der Waals surface area contributed by atoms with Crippen molar-refractivity contribution in [2.75, 3.05) is 6.54 Å². The van der Waals surface area contributed by atoms with Crippen molar-refractivity contribution >= 4 is 0 Å². The topological polar surface area (TPSA) is 29.9 Å². The molecule has 1 aromatic rings. The average molecular weight is 179 g/mol. The minimum absolute atomic E-state index is 0.956. The van der Waals surface area contributed by atoms with Crippen molar-refractivity contribution in [3.63, 3.8) is 0 Å². The fourth-order valence-electron chi connectivity index (χ4n) is 1.51. The summed E-state index contributed by atoms with van der Waals surface area (Å²) in [5.74, 6) is 0.956. The zero-order valence-corrected chi connectivity index (χ0v) is 8.16. The van der Waals surface area contributed by atoms with Gasteiger partial charge in [0.2, 0.25) is 0 Å². The third kappa shape index (κ3) is 2.31. The lowest BCUT2D eigenvalue weighted by Crippen LogP contribution is -2.18. The van der Waals surface area contributed by atoms with E-state index in [1.807, 2.05) is 12.5 Å². The van der Waals surface area contributed by atoms with Crippen molar-refractivity contribution in [2.24, 2.45) is 5.92 Å². The maximum Gasteiger partial charge on any atom is 0.0948 e. The Kier molecular flexibility index (Phi) is 2.64. The zero-order chi connectivity index (χ0) is 9.10. The summed E-state index contributed by atoms with van der Waals surface area (Å²) < 4.78 is 2.18. The quantitative estimate of drug-likeness (QED) is 0.740. The van der Waals surface area contributed by atoms with Crippen molar-refractivity contribution < 1.29 is 0 Å². The smallest absolute Gasteiger partial charge is 0.0948 e. The van der Waals surface area contributed by atoms with Gasteiger partial charge in [0, 0.05) is 19.3 Å². The minimum Gasteiger partial charge on any atom is -0.334 e. The van der Waals surface area contributed by atoms with Gasteiger partial charge in [-0.2, -0.15) is 0 Å². The standard InChI is InChI=1S/C10H17N3/c1-2-13-8-12-7-10(13)6-11-5-9-3-4-9/h7-9,11H,2-6H2,1H3. The molecule has 1 saturated carbocycles. The summed E-state index contributed by atoms with van der Waals surface area (Å²) in [4.78, 5) is 4.13. The molecule has 72 valence electrons. The van der Waals surface area contributed by atoms with E-state index in [2.05, 4.69) is 21.8 Å². The molecule has 0 atom stereocenters. The van der Waals surface area contributed by atoms with Gasteiger partial charge in [0.1, 0.15) is 0 Å². The molecule has 1 N–H and O–H groups in total. The lowest BCUT2D eigenvalue weighted by Gasteiger charge is -2.05. The molecule has 1 fully saturated rings. The van der Waals surface area contributed by atoms with Gasteiger partial charge in [0.05, 0.1) is 12.0 Å². The van der Waals surface area contributed by atoms with Gasteiger partial charge in [0.25, 0.3) is 0 Å². The lowest BCUT2D eigenvalue weighted by atomic mass is 10.4. The highest BCUT2D eigenvalue weighted by Crippen LogP contribution is 2.27. The highest BCUT2D eigenvalue weighted by molar-refractivity contribution is 4.97. The molecular formula is C10H17N3. The molecule has 0 aliphatic heterocycles. The second-order valence-corrected chi connectivity index (χ2v) is 3.75. The van der Waals surface area contributed by atoms with Crippen LogP contribution in [0, 0.1) is 5.92 Å². The molecule has 0 amide bonds. The molecule has 2 rings (SSSR count). The SMILES string of the molecule is CCn1cncc1CNCC1CC1. The summed E-state index contributed by atoms with van der Waals surface area (Å²) in [5.41, 5.74) is 1.29. The van der Waals surface area contributed by atoms with Crippen LogP contribution in [-0.4, -0.2) is 16.1 Å². The van der Waals surface area contributed by atoms with E-state index in [1.54, 1.807) is 0 Å². The highest BCUT2D eigenvalue weighted by atomic mass is 15.1. The van der Waals surface area contributed by atoms with Crippen LogP contribution in [0.25, 0.3) is 0 Å². The number of nitrogens with zero attached hydrogens (tertiary/aromatic N) is 2. The van der Waals surface area contributed by atoms with E-state index < -0.39 is 0 Å². The molecule has 1 heterocycles. The van der Waals surface area contributed by atoms with Crippen LogP contribution in [0.5, 0.6) is 0 Å². The number of imidazole rings is 1. The Morgan fingerprint density at radius 1 is 1.62 bits per heavy atom. The summed E-state index contributed by atoms with van der Waals surface area (Å²) >= 11 is 0. The molecule has 3 heteroatoms. The fourth-order valence-corrected chi connectivity index (χ4v) is 1.51. The second-order valence-electron chi connectivity index (χ2n) is 3.75. The molecule has 3 nitrogen and oxygen atoms in total. The molecule has 0 aromatic carbocycles.